The second-order valence-electron chi connectivity index (χ2n) is 4.40. The lowest BCUT2D eigenvalue weighted by Crippen LogP contribution is -2.12. The van der Waals surface area contributed by atoms with Gasteiger partial charge in [0, 0.05) is 23.5 Å². The number of nitrogens with two attached hydrogens (primary N) is 1. The second-order valence-corrected chi connectivity index (χ2v) is 4.40. The van der Waals surface area contributed by atoms with Gasteiger partial charge in [-0.15, -0.1) is 0 Å². The molecule has 0 spiro atoms. The highest BCUT2D eigenvalue weighted by Gasteiger charge is 2.08. The summed E-state index contributed by atoms with van der Waals surface area (Å²) in [7, 11) is 0. The number of nitrogen functional groups attached to an aromatic ring is 1. The topological polar surface area (TPSA) is 75.4 Å². The van der Waals surface area contributed by atoms with Crippen molar-refractivity contribution in [2.75, 3.05) is 17.7 Å². The molecule has 0 aliphatic heterocycles. The van der Waals surface area contributed by atoms with Crippen LogP contribution in [0.1, 0.15) is 15.9 Å². The number of benzene rings is 2. The second kappa shape index (κ2) is 6.16. The number of hydrogen-bond acceptors (Lipinski definition) is 3. The number of amides is 1. The van der Waals surface area contributed by atoms with Gasteiger partial charge in [-0.2, -0.15) is 0 Å². The van der Waals surface area contributed by atoms with Crippen molar-refractivity contribution in [2.24, 2.45) is 0 Å². The van der Waals surface area contributed by atoms with Gasteiger partial charge >= 0.3 is 0 Å². The Bertz CT molecular complexity index is 592. The molecule has 2 rings (SSSR count). The maximum Gasteiger partial charge on any atom is 0.255 e. The summed E-state index contributed by atoms with van der Waals surface area (Å²) < 4.78 is 13.2. The molecule has 0 aliphatic carbocycles. The van der Waals surface area contributed by atoms with Crippen LogP contribution in [0.3, 0.4) is 0 Å². The lowest BCUT2D eigenvalue weighted by atomic mass is 10.1. The van der Waals surface area contributed by atoms with Crippen molar-refractivity contribution < 1.29 is 14.3 Å². The van der Waals surface area contributed by atoms with E-state index in [1.54, 1.807) is 12.1 Å². The van der Waals surface area contributed by atoms with Gasteiger partial charge in [-0.1, -0.05) is 12.1 Å². The summed E-state index contributed by atoms with van der Waals surface area (Å²) >= 11 is 0. The molecule has 4 N–H and O–H groups in total. The van der Waals surface area contributed by atoms with Crippen LogP contribution in [0, 0.1) is 5.82 Å². The molecule has 0 saturated carbocycles. The molecule has 0 bridgehead atoms. The first-order valence-electron chi connectivity index (χ1n) is 6.15. The number of carbonyl (C=O) groups excluding carboxylic acids is 1. The van der Waals surface area contributed by atoms with Crippen molar-refractivity contribution in [1.29, 1.82) is 0 Å². The average Bonchev–Trinajstić information content (AvgIpc) is 2.40. The van der Waals surface area contributed by atoms with Gasteiger partial charge in [0.15, 0.2) is 0 Å². The lowest BCUT2D eigenvalue weighted by molar-refractivity contribution is 0.102. The number of aliphatic hydroxyl groups is 1. The van der Waals surface area contributed by atoms with Gasteiger partial charge in [-0.3, -0.25) is 4.79 Å². The van der Waals surface area contributed by atoms with Crippen molar-refractivity contribution in [3.63, 3.8) is 0 Å². The summed E-state index contributed by atoms with van der Waals surface area (Å²) in [6.07, 6.45) is 0.564. The van der Waals surface area contributed by atoms with E-state index >= 15 is 0 Å². The Hall–Kier alpha value is -2.40. The molecule has 0 aromatic heterocycles. The largest absolute Gasteiger partial charge is 0.399 e. The van der Waals surface area contributed by atoms with E-state index in [1.807, 2.05) is 12.1 Å². The molecule has 104 valence electrons. The minimum absolute atomic E-state index is 0.0777. The first-order valence-corrected chi connectivity index (χ1v) is 6.15. The average molecular weight is 274 g/mol. The van der Waals surface area contributed by atoms with Crippen molar-refractivity contribution in [3.05, 3.63) is 59.4 Å². The van der Waals surface area contributed by atoms with Crippen molar-refractivity contribution in [2.45, 2.75) is 6.42 Å². The smallest absolute Gasteiger partial charge is 0.255 e. The van der Waals surface area contributed by atoms with Gasteiger partial charge in [-0.25, -0.2) is 4.39 Å². The monoisotopic (exact) mass is 274 g/mol. The van der Waals surface area contributed by atoms with Crippen molar-refractivity contribution in [1.82, 2.24) is 0 Å². The number of hydrogen-bond donors (Lipinski definition) is 3. The summed E-state index contributed by atoms with van der Waals surface area (Å²) in [6, 6.07) is 10.8. The fourth-order valence-electron chi connectivity index (χ4n) is 1.83. The molecular weight excluding hydrogens is 259 g/mol. The Morgan fingerprint density at radius 2 is 1.90 bits per heavy atom. The Balaban J connectivity index is 2.10. The zero-order chi connectivity index (χ0) is 14.5. The van der Waals surface area contributed by atoms with E-state index in [0.717, 1.165) is 17.7 Å². The Morgan fingerprint density at radius 3 is 2.50 bits per heavy atom. The molecule has 1 amide bonds. The highest BCUT2D eigenvalue weighted by Crippen LogP contribution is 2.14. The number of aliphatic hydroxyl groups excluding tert-OH is 1. The van der Waals surface area contributed by atoms with E-state index in [0.29, 0.717) is 12.1 Å². The van der Waals surface area contributed by atoms with Crippen LogP contribution < -0.4 is 11.1 Å². The van der Waals surface area contributed by atoms with Crippen molar-refractivity contribution in [3.8, 4) is 0 Å². The Morgan fingerprint density at radius 1 is 1.20 bits per heavy atom. The minimum atomic E-state index is -0.548. The van der Waals surface area contributed by atoms with Gasteiger partial charge < -0.3 is 16.2 Å². The fourth-order valence-corrected chi connectivity index (χ4v) is 1.83. The predicted octanol–water partition coefficient (Wildman–Crippen LogP) is 2.20. The molecule has 0 heterocycles. The van der Waals surface area contributed by atoms with Gasteiger partial charge in [0.1, 0.15) is 5.82 Å². The minimum Gasteiger partial charge on any atom is -0.399 e. The molecule has 0 aliphatic rings. The Labute approximate surface area is 116 Å². The molecule has 2 aromatic rings. The van der Waals surface area contributed by atoms with Crippen LogP contribution in [0.5, 0.6) is 0 Å². The van der Waals surface area contributed by atoms with Gasteiger partial charge in [0.2, 0.25) is 0 Å². The molecule has 20 heavy (non-hydrogen) atoms. The van der Waals surface area contributed by atoms with E-state index in [-0.39, 0.29) is 17.9 Å². The van der Waals surface area contributed by atoms with Crippen LogP contribution in [0.2, 0.25) is 0 Å². The maximum absolute atomic E-state index is 13.2. The van der Waals surface area contributed by atoms with Gasteiger partial charge in [0.05, 0.1) is 0 Å². The quantitative estimate of drug-likeness (QED) is 0.748. The van der Waals surface area contributed by atoms with Crippen molar-refractivity contribution >= 4 is 17.3 Å². The number of carbonyl (C=O) groups is 1. The van der Waals surface area contributed by atoms with Crippen LogP contribution in [-0.4, -0.2) is 17.6 Å². The third-order valence-corrected chi connectivity index (χ3v) is 2.79. The third-order valence-electron chi connectivity index (χ3n) is 2.79. The first kappa shape index (κ1) is 14.0. The van der Waals surface area contributed by atoms with Gasteiger partial charge in [0.25, 0.3) is 5.91 Å². The number of nitrogens with one attached hydrogen (secondary N) is 1. The molecule has 0 saturated heterocycles. The SMILES string of the molecule is Nc1cc(F)cc(C(=O)Nc2ccc(CCO)cc2)c1. The van der Waals surface area contributed by atoms with Crippen LogP contribution in [0.15, 0.2) is 42.5 Å². The number of halogens is 1. The molecule has 0 radical (unpaired) electrons. The molecule has 0 unspecified atom stereocenters. The molecule has 0 fully saturated rings. The summed E-state index contributed by atoms with van der Waals surface area (Å²) in [5, 5.41) is 11.5. The van der Waals surface area contributed by atoms with E-state index in [2.05, 4.69) is 5.32 Å². The molecule has 4 nitrogen and oxygen atoms in total. The van der Waals surface area contributed by atoms with Crippen LogP contribution >= 0.6 is 0 Å². The number of anilines is 2. The third kappa shape index (κ3) is 3.55. The highest BCUT2D eigenvalue weighted by atomic mass is 19.1. The summed E-state index contributed by atoms with van der Waals surface area (Å²) in [5.74, 6) is -0.973. The zero-order valence-electron chi connectivity index (χ0n) is 10.8. The van der Waals surface area contributed by atoms with Crippen LogP contribution in [-0.2, 0) is 6.42 Å². The normalized spacial score (nSPS) is 10.3. The first-order chi connectivity index (χ1) is 9.58. The van der Waals surface area contributed by atoms with E-state index in [4.69, 9.17) is 10.8 Å². The summed E-state index contributed by atoms with van der Waals surface area (Å²) in [6.45, 7) is 0.0777. The van der Waals surface area contributed by atoms with E-state index < -0.39 is 11.7 Å². The van der Waals surface area contributed by atoms with Crippen LogP contribution in [0.4, 0.5) is 15.8 Å². The fraction of sp³-hybridized carbons (Fsp3) is 0.133. The standard InChI is InChI=1S/C15H15FN2O2/c16-12-7-11(8-13(17)9-12)15(20)18-14-3-1-10(2-4-14)5-6-19/h1-4,7-9,19H,5-6,17H2,(H,18,20). The number of rotatable bonds is 4. The molecule has 2 aromatic carbocycles. The Kier molecular flexibility index (Phi) is 4.32. The maximum atomic E-state index is 13.2. The molecule has 0 atom stereocenters. The van der Waals surface area contributed by atoms with Crippen LogP contribution in [0.25, 0.3) is 0 Å². The molecular formula is C15H15FN2O2. The predicted molar refractivity (Wildman–Crippen MR) is 76.0 cm³/mol. The summed E-state index contributed by atoms with van der Waals surface area (Å²) in [5.41, 5.74) is 7.44. The molecule has 5 heteroatoms. The lowest BCUT2D eigenvalue weighted by Gasteiger charge is -2.07. The summed E-state index contributed by atoms with van der Waals surface area (Å²) in [4.78, 5) is 12.0. The zero-order valence-corrected chi connectivity index (χ0v) is 10.8. The highest BCUT2D eigenvalue weighted by molar-refractivity contribution is 6.04. The van der Waals surface area contributed by atoms with Gasteiger partial charge in [-0.05, 0) is 42.3 Å². The van der Waals surface area contributed by atoms with E-state index in [1.165, 1.54) is 6.07 Å². The van der Waals surface area contributed by atoms with E-state index in [9.17, 15) is 9.18 Å².